The molecule has 2 aromatic carbocycles. The third-order valence-corrected chi connectivity index (χ3v) is 6.08. The number of halogens is 1. The molecule has 6 nitrogen and oxygen atoms in total. The molecule has 2 atom stereocenters. The fourth-order valence-electron chi connectivity index (χ4n) is 3.54. The number of nitrogens with one attached hydrogen (secondary N) is 2. The summed E-state index contributed by atoms with van der Waals surface area (Å²) in [5.74, 6) is -1.38. The van der Waals surface area contributed by atoms with E-state index >= 15 is 0 Å². The molecular formula is C26H33FN2O4. The summed E-state index contributed by atoms with van der Waals surface area (Å²) in [4.78, 5) is 36.8. The van der Waals surface area contributed by atoms with E-state index in [1.165, 1.54) is 31.4 Å². The summed E-state index contributed by atoms with van der Waals surface area (Å²) in [6, 6.07) is 12.8. The molecule has 0 saturated carbocycles. The molecule has 0 saturated heterocycles. The van der Waals surface area contributed by atoms with Gasteiger partial charge in [-0.3, -0.25) is 14.4 Å². The Balaban J connectivity index is 1.98. The van der Waals surface area contributed by atoms with Crippen LogP contribution >= 0.6 is 0 Å². The zero-order valence-corrected chi connectivity index (χ0v) is 19.9. The van der Waals surface area contributed by atoms with Crippen LogP contribution in [0.25, 0.3) is 0 Å². The second-order valence-corrected chi connectivity index (χ2v) is 8.97. The third-order valence-electron chi connectivity index (χ3n) is 6.08. The van der Waals surface area contributed by atoms with Crippen molar-refractivity contribution >= 4 is 29.2 Å². The molecule has 0 aliphatic rings. The molecule has 0 radical (unpaired) electrons. The van der Waals surface area contributed by atoms with Crippen LogP contribution in [0.2, 0.25) is 0 Å². The van der Waals surface area contributed by atoms with Crippen molar-refractivity contribution in [2.75, 3.05) is 17.7 Å². The smallest absolute Gasteiger partial charge is 0.305 e. The van der Waals surface area contributed by atoms with Gasteiger partial charge in [0.05, 0.1) is 13.0 Å². The van der Waals surface area contributed by atoms with E-state index < -0.39 is 0 Å². The summed E-state index contributed by atoms with van der Waals surface area (Å²) >= 11 is 0. The summed E-state index contributed by atoms with van der Waals surface area (Å²) in [7, 11) is 1.36. The van der Waals surface area contributed by atoms with Gasteiger partial charge in [-0.1, -0.05) is 39.8 Å². The first-order chi connectivity index (χ1) is 15.6. The Morgan fingerprint density at radius 1 is 0.970 bits per heavy atom. The maximum Gasteiger partial charge on any atom is 0.305 e. The van der Waals surface area contributed by atoms with E-state index in [2.05, 4.69) is 10.6 Å². The summed E-state index contributed by atoms with van der Waals surface area (Å²) < 4.78 is 17.8. The van der Waals surface area contributed by atoms with Crippen LogP contribution < -0.4 is 10.6 Å². The van der Waals surface area contributed by atoms with E-state index in [0.29, 0.717) is 17.8 Å². The molecule has 2 N–H and O–H groups in total. The van der Waals surface area contributed by atoms with E-state index in [9.17, 15) is 18.8 Å². The molecule has 2 amide bonds. The van der Waals surface area contributed by atoms with Gasteiger partial charge in [0.25, 0.3) is 0 Å². The highest BCUT2D eigenvalue weighted by molar-refractivity contribution is 5.96. The van der Waals surface area contributed by atoms with Crippen LogP contribution in [-0.4, -0.2) is 24.9 Å². The number of esters is 1. The molecule has 0 fully saturated rings. The number of hydrogen-bond donors (Lipinski definition) is 2. The highest BCUT2D eigenvalue weighted by atomic mass is 19.1. The monoisotopic (exact) mass is 456 g/mol. The largest absolute Gasteiger partial charge is 0.469 e. The number of methoxy groups -OCH3 is 1. The highest BCUT2D eigenvalue weighted by Gasteiger charge is 2.30. The molecule has 2 aromatic rings. The first-order valence-electron chi connectivity index (χ1n) is 11.1. The van der Waals surface area contributed by atoms with Gasteiger partial charge in [-0.05, 0) is 59.7 Å². The molecule has 33 heavy (non-hydrogen) atoms. The number of hydrogen-bond acceptors (Lipinski definition) is 4. The molecule has 178 valence electrons. The number of carbonyl (C=O) groups excluding carboxylic acids is 3. The molecule has 0 bridgehead atoms. The summed E-state index contributed by atoms with van der Waals surface area (Å²) in [5.41, 5.74) is 1.60. The van der Waals surface area contributed by atoms with Crippen LogP contribution in [0.4, 0.5) is 15.8 Å². The van der Waals surface area contributed by atoms with Crippen molar-refractivity contribution in [3.8, 4) is 0 Å². The van der Waals surface area contributed by atoms with Crippen LogP contribution in [0.1, 0.15) is 58.4 Å². The van der Waals surface area contributed by atoms with Crippen LogP contribution in [-0.2, 0) is 19.1 Å². The van der Waals surface area contributed by atoms with E-state index in [1.807, 2.05) is 39.8 Å². The summed E-state index contributed by atoms with van der Waals surface area (Å²) in [6.07, 6.45) is 1.10. The van der Waals surface area contributed by atoms with Gasteiger partial charge in [-0.15, -0.1) is 0 Å². The summed E-state index contributed by atoms with van der Waals surface area (Å²) in [5, 5.41) is 5.70. The summed E-state index contributed by atoms with van der Waals surface area (Å²) in [6.45, 7) is 7.76. The zero-order valence-electron chi connectivity index (χ0n) is 19.9. The van der Waals surface area contributed by atoms with Crippen LogP contribution in [0.3, 0.4) is 0 Å². The maximum absolute atomic E-state index is 13.1. The first kappa shape index (κ1) is 26.0. The predicted octanol–water partition coefficient (Wildman–Crippen LogP) is 5.51. The van der Waals surface area contributed by atoms with E-state index in [-0.39, 0.29) is 53.7 Å². The second-order valence-electron chi connectivity index (χ2n) is 8.97. The number of benzene rings is 2. The quantitative estimate of drug-likeness (QED) is 0.462. The minimum Gasteiger partial charge on any atom is -0.469 e. The predicted molar refractivity (Wildman–Crippen MR) is 127 cm³/mol. The van der Waals surface area contributed by atoms with E-state index in [1.54, 1.807) is 12.1 Å². The maximum atomic E-state index is 13.1. The minimum atomic E-state index is -0.385. The third kappa shape index (κ3) is 7.70. The van der Waals surface area contributed by atoms with Crippen molar-refractivity contribution in [1.29, 1.82) is 0 Å². The van der Waals surface area contributed by atoms with E-state index in [4.69, 9.17) is 4.74 Å². The molecule has 2 unspecified atom stereocenters. The molecule has 0 aliphatic heterocycles. The molecule has 0 heterocycles. The SMILES string of the molecule is CCC(C(=O)Nc1ccc(F)cc1)c1ccc(NC(=O)CC(C)(C)C(C)CC(=O)OC)cc1. The Labute approximate surface area is 194 Å². The Bertz CT molecular complexity index is 955. The van der Waals surface area contributed by atoms with Crippen LogP contribution in [0.15, 0.2) is 48.5 Å². The minimum absolute atomic E-state index is 0.0250. The lowest BCUT2D eigenvalue weighted by Crippen LogP contribution is -2.29. The van der Waals surface area contributed by atoms with Crippen molar-refractivity contribution in [3.63, 3.8) is 0 Å². The van der Waals surface area contributed by atoms with Gasteiger partial charge >= 0.3 is 5.97 Å². The average Bonchev–Trinajstić information content (AvgIpc) is 2.76. The number of ether oxygens (including phenoxy) is 1. The first-order valence-corrected chi connectivity index (χ1v) is 11.1. The van der Waals surface area contributed by atoms with Crippen molar-refractivity contribution < 1.29 is 23.5 Å². The number of amides is 2. The molecule has 7 heteroatoms. The zero-order chi connectivity index (χ0) is 24.6. The van der Waals surface area contributed by atoms with Gasteiger partial charge in [0.15, 0.2) is 0 Å². The normalized spacial score (nSPS) is 13.0. The van der Waals surface area contributed by atoms with E-state index in [0.717, 1.165) is 5.56 Å². The Morgan fingerprint density at radius 2 is 1.52 bits per heavy atom. The lowest BCUT2D eigenvalue weighted by atomic mass is 9.75. The fourth-order valence-corrected chi connectivity index (χ4v) is 3.54. The van der Waals surface area contributed by atoms with Gasteiger partial charge in [0, 0.05) is 24.2 Å². The molecule has 2 rings (SSSR count). The lowest BCUT2D eigenvalue weighted by molar-refractivity contribution is -0.143. The number of anilines is 2. The Morgan fingerprint density at radius 3 is 2.06 bits per heavy atom. The number of rotatable bonds is 10. The molecular weight excluding hydrogens is 423 g/mol. The van der Waals surface area contributed by atoms with Crippen molar-refractivity contribution in [2.45, 2.75) is 52.9 Å². The Hall–Kier alpha value is -3.22. The lowest BCUT2D eigenvalue weighted by Gasteiger charge is -2.30. The van der Waals surface area contributed by atoms with Crippen LogP contribution in [0.5, 0.6) is 0 Å². The molecule has 0 spiro atoms. The Kier molecular flexibility index (Phi) is 9.14. The van der Waals surface area contributed by atoms with Crippen molar-refractivity contribution in [3.05, 3.63) is 59.9 Å². The van der Waals surface area contributed by atoms with Gasteiger partial charge in [0.1, 0.15) is 5.82 Å². The van der Waals surface area contributed by atoms with Crippen molar-refractivity contribution in [1.82, 2.24) is 0 Å². The molecule has 0 aliphatic carbocycles. The van der Waals surface area contributed by atoms with Crippen LogP contribution in [0, 0.1) is 17.2 Å². The van der Waals surface area contributed by atoms with Gasteiger partial charge in [-0.2, -0.15) is 0 Å². The highest BCUT2D eigenvalue weighted by Crippen LogP contribution is 2.33. The fraction of sp³-hybridized carbons (Fsp3) is 0.423. The number of carbonyl (C=O) groups is 3. The van der Waals surface area contributed by atoms with Gasteiger partial charge in [0.2, 0.25) is 11.8 Å². The van der Waals surface area contributed by atoms with Gasteiger partial charge < -0.3 is 15.4 Å². The van der Waals surface area contributed by atoms with Gasteiger partial charge in [-0.25, -0.2) is 4.39 Å². The average molecular weight is 457 g/mol. The standard InChI is InChI=1S/C26H33FN2O4/c1-6-22(25(32)29-21-13-9-19(27)10-14-21)18-7-11-20(12-8-18)28-23(30)16-26(3,4)17(2)15-24(31)33-5/h7-14,17,22H,6,15-16H2,1-5H3,(H,28,30)(H,29,32). The van der Waals surface area contributed by atoms with Crippen molar-refractivity contribution in [2.24, 2.45) is 11.3 Å². The molecule has 0 aromatic heterocycles. The topological polar surface area (TPSA) is 84.5 Å². The second kappa shape index (κ2) is 11.6.